The Morgan fingerprint density at radius 2 is 1.93 bits per heavy atom. The van der Waals surface area contributed by atoms with Crippen molar-refractivity contribution in [2.75, 3.05) is 0 Å². The Hall–Kier alpha value is -2.08. The van der Waals surface area contributed by atoms with Gasteiger partial charge in [-0.2, -0.15) is 0 Å². The molecule has 0 spiro atoms. The number of nitrogens with one attached hydrogen (secondary N) is 1. The molecule has 1 amide bonds. The average molecular weight is 390 g/mol. The Morgan fingerprint density at radius 1 is 1.22 bits per heavy atom. The average Bonchev–Trinajstić information content (AvgIpc) is 3.09. The van der Waals surface area contributed by atoms with Gasteiger partial charge in [0.15, 0.2) is 0 Å². The monoisotopic (exact) mass is 389 g/mol. The third-order valence-corrected chi connectivity index (χ3v) is 6.01. The summed E-state index contributed by atoms with van der Waals surface area (Å²) in [4.78, 5) is 29.6. The van der Waals surface area contributed by atoms with Crippen LogP contribution in [0.25, 0.3) is 10.9 Å². The minimum Gasteiger partial charge on any atom is -0.444 e. The molecule has 2 heterocycles. The van der Waals surface area contributed by atoms with Crippen molar-refractivity contribution in [3.05, 3.63) is 39.9 Å². The molecule has 4 rings (SSSR count). The summed E-state index contributed by atoms with van der Waals surface area (Å²) in [5.41, 5.74) is -0.533. The number of ether oxygens (including phenoxy) is 1. The lowest BCUT2D eigenvalue weighted by Gasteiger charge is -2.30. The first kappa shape index (κ1) is 18.3. The van der Waals surface area contributed by atoms with E-state index < -0.39 is 5.60 Å². The Labute approximate surface area is 162 Å². The molecule has 6 nitrogen and oxygen atoms in total. The molecular formula is C20H24ClN3O3. The van der Waals surface area contributed by atoms with Gasteiger partial charge in [0.05, 0.1) is 10.9 Å². The SMILES string of the molecule is CC(C)(C)OC(=O)NC12CCC(n3ccc4nc(Cl)ccc4c3=O)(CC1)C2. The van der Waals surface area contributed by atoms with Crippen LogP contribution in [0.15, 0.2) is 29.2 Å². The highest BCUT2D eigenvalue weighted by atomic mass is 35.5. The number of hydrogen-bond acceptors (Lipinski definition) is 4. The molecule has 0 aromatic carbocycles. The molecule has 0 atom stereocenters. The minimum atomic E-state index is -0.529. The number of nitrogens with zero attached hydrogens (tertiary/aromatic N) is 2. The molecule has 2 bridgehead atoms. The van der Waals surface area contributed by atoms with Gasteiger partial charge in [0.25, 0.3) is 5.56 Å². The summed E-state index contributed by atoms with van der Waals surface area (Å²) >= 11 is 5.94. The molecule has 0 aliphatic heterocycles. The molecule has 0 unspecified atom stereocenters. The zero-order chi connectivity index (χ0) is 19.4. The number of alkyl carbamates (subject to hydrolysis) is 1. The predicted octanol–water partition coefficient (Wildman–Crippen LogP) is 3.99. The van der Waals surface area contributed by atoms with Crippen LogP contribution in [-0.2, 0) is 10.3 Å². The van der Waals surface area contributed by atoms with Crippen molar-refractivity contribution in [1.82, 2.24) is 14.9 Å². The fourth-order valence-corrected chi connectivity index (χ4v) is 4.82. The standard InChI is InChI=1S/C20H24ClN3O3/c1-18(2,3)27-17(26)23-19-7-9-20(12-19,10-8-19)24-11-6-14-13(16(24)25)4-5-15(21)22-14/h4-6,11H,7-10,12H2,1-3H3,(H,23,26). The van der Waals surface area contributed by atoms with Crippen molar-refractivity contribution in [2.45, 2.75) is 69.6 Å². The van der Waals surface area contributed by atoms with Gasteiger partial charge in [0.1, 0.15) is 10.8 Å². The van der Waals surface area contributed by atoms with E-state index in [1.54, 1.807) is 12.1 Å². The summed E-state index contributed by atoms with van der Waals surface area (Å²) in [5.74, 6) is 0. The number of amides is 1. The molecule has 27 heavy (non-hydrogen) atoms. The highest BCUT2D eigenvalue weighted by Gasteiger charge is 2.56. The van der Waals surface area contributed by atoms with Crippen LogP contribution in [0.3, 0.4) is 0 Å². The van der Waals surface area contributed by atoms with Crippen LogP contribution in [0.1, 0.15) is 52.9 Å². The van der Waals surface area contributed by atoms with E-state index >= 15 is 0 Å². The summed E-state index contributed by atoms with van der Waals surface area (Å²) in [6.45, 7) is 5.56. The summed E-state index contributed by atoms with van der Waals surface area (Å²) < 4.78 is 7.28. The van der Waals surface area contributed by atoms with Crippen molar-refractivity contribution in [3.8, 4) is 0 Å². The smallest absolute Gasteiger partial charge is 0.408 e. The molecule has 144 valence electrons. The van der Waals surface area contributed by atoms with Crippen LogP contribution in [0.4, 0.5) is 4.79 Å². The second kappa shape index (κ2) is 5.96. The molecule has 2 aliphatic rings. The minimum absolute atomic E-state index is 0.0494. The van der Waals surface area contributed by atoms with E-state index in [0.717, 1.165) is 32.1 Å². The van der Waals surface area contributed by atoms with Crippen LogP contribution >= 0.6 is 11.6 Å². The molecule has 2 aromatic heterocycles. The van der Waals surface area contributed by atoms with E-state index in [-0.39, 0.29) is 22.7 Å². The van der Waals surface area contributed by atoms with Crippen molar-refractivity contribution < 1.29 is 9.53 Å². The lowest BCUT2D eigenvalue weighted by molar-refractivity contribution is 0.0458. The van der Waals surface area contributed by atoms with Crippen molar-refractivity contribution in [2.24, 2.45) is 0 Å². The number of hydrogen-bond donors (Lipinski definition) is 1. The van der Waals surface area contributed by atoms with E-state index in [0.29, 0.717) is 16.1 Å². The van der Waals surface area contributed by atoms with Gasteiger partial charge in [-0.25, -0.2) is 9.78 Å². The van der Waals surface area contributed by atoms with Crippen molar-refractivity contribution in [1.29, 1.82) is 0 Å². The lowest BCUT2D eigenvalue weighted by Crippen LogP contribution is -2.47. The normalized spacial score (nSPS) is 27.1. The van der Waals surface area contributed by atoms with E-state index in [1.807, 2.05) is 37.6 Å². The van der Waals surface area contributed by atoms with Crippen LogP contribution in [0.5, 0.6) is 0 Å². The zero-order valence-corrected chi connectivity index (χ0v) is 16.6. The number of fused-ring (bicyclic) bond motifs is 3. The fourth-order valence-electron chi connectivity index (χ4n) is 4.67. The molecule has 7 heteroatoms. The highest BCUT2D eigenvalue weighted by Crippen LogP contribution is 2.54. The van der Waals surface area contributed by atoms with Crippen LogP contribution < -0.4 is 10.9 Å². The van der Waals surface area contributed by atoms with Crippen LogP contribution in [0.2, 0.25) is 5.15 Å². The van der Waals surface area contributed by atoms with Gasteiger partial charge in [-0.05, 0) is 71.1 Å². The molecule has 2 aromatic rings. The first-order valence-corrected chi connectivity index (χ1v) is 9.69. The van der Waals surface area contributed by atoms with Gasteiger partial charge in [0.2, 0.25) is 0 Å². The van der Waals surface area contributed by atoms with E-state index in [4.69, 9.17) is 16.3 Å². The molecule has 1 N–H and O–H groups in total. The Morgan fingerprint density at radius 3 is 2.59 bits per heavy atom. The maximum Gasteiger partial charge on any atom is 0.408 e. The van der Waals surface area contributed by atoms with Gasteiger partial charge in [0, 0.05) is 17.3 Å². The second-order valence-corrected chi connectivity index (χ2v) is 9.25. The first-order chi connectivity index (χ1) is 12.6. The van der Waals surface area contributed by atoms with Crippen LogP contribution in [-0.4, -0.2) is 26.8 Å². The highest BCUT2D eigenvalue weighted by molar-refractivity contribution is 6.29. The number of rotatable bonds is 2. The quantitative estimate of drug-likeness (QED) is 0.788. The molecule has 2 saturated carbocycles. The molecular weight excluding hydrogens is 366 g/mol. The Kier molecular flexibility index (Phi) is 4.04. The number of aromatic nitrogens is 2. The molecule has 0 saturated heterocycles. The predicted molar refractivity (Wildman–Crippen MR) is 104 cm³/mol. The summed E-state index contributed by atoms with van der Waals surface area (Å²) in [7, 11) is 0. The van der Waals surface area contributed by atoms with E-state index in [2.05, 4.69) is 10.3 Å². The van der Waals surface area contributed by atoms with Gasteiger partial charge in [-0.15, -0.1) is 0 Å². The maximum atomic E-state index is 13.1. The molecule has 2 fully saturated rings. The number of pyridine rings is 2. The van der Waals surface area contributed by atoms with Gasteiger partial charge in [-0.1, -0.05) is 11.6 Å². The van der Waals surface area contributed by atoms with Crippen molar-refractivity contribution >= 4 is 28.6 Å². The third kappa shape index (κ3) is 3.20. The third-order valence-electron chi connectivity index (χ3n) is 5.80. The zero-order valence-electron chi connectivity index (χ0n) is 15.8. The summed E-state index contributed by atoms with van der Waals surface area (Å²) in [6, 6.07) is 5.22. The van der Waals surface area contributed by atoms with Crippen molar-refractivity contribution in [3.63, 3.8) is 0 Å². The number of carbonyl (C=O) groups excluding carboxylic acids is 1. The number of carbonyl (C=O) groups is 1. The Balaban J connectivity index is 1.63. The second-order valence-electron chi connectivity index (χ2n) is 8.87. The summed E-state index contributed by atoms with van der Waals surface area (Å²) in [5, 5.41) is 4.04. The molecule has 2 aliphatic carbocycles. The largest absolute Gasteiger partial charge is 0.444 e. The van der Waals surface area contributed by atoms with Gasteiger partial charge in [-0.3, -0.25) is 4.79 Å². The van der Waals surface area contributed by atoms with E-state index in [1.165, 1.54) is 0 Å². The Bertz CT molecular complexity index is 969. The maximum absolute atomic E-state index is 13.1. The fraction of sp³-hybridized carbons (Fsp3) is 0.550. The topological polar surface area (TPSA) is 73.2 Å². The van der Waals surface area contributed by atoms with Crippen LogP contribution in [0, 0.1) is 0 Å². The van der Waals surface area contributed by atoms with E-state index in [9.17, 15) is 9.59 Å². The number of halogens is 1. The summed E-state index contributed by atoms with van der Waals surface area (Å²) in [6.07, 6.45) is 5.58. The van der Waals surface area contributed by atoms with Gasteiger partial charge >= 0.3 is 6.09 Å². The van der Waals surface area contributed by atoms with Gasteiger partial charge < -0.3 is 14.6 Å². The first-order valence-electron chi connectivity index (χ1n) is 9.31. The molecule has 0 radical (unpaired) electrons. The lowest BCUT2D eigenvalue weighted by atomic mass is 9.91.